The number of carbonyl (C=O) groups is 3. The van der Waals surface area contributed by atoms with Gasteiger partial charge in [0.2, 0.25) is 0 Å². The molecule has 0 aromatic heterocycles. The van der Waals surface area contributed by atoms with Gasteiger partial charge in [0, 0.05) is 18.8 Å². The average Bonchev–Trinajstić information content (AvgIpc) is 3.57. The molecule has 3 heterocycles. The van der Waals surface area contributed by atoms with Crippen LogP contribution in [0, 0.1) is 46.3 Å². The minimum Gasteiger partial charge on any atom is -0.479 e. The topological polar surface area (TPSA) is 289 Å². The summed E-state index contributed by atoms with van der Waals surface area (Å²) >= 11 is 0. The van der Waals surface area contributed by atoms with E-state index in [4.69, 9.17) is 28.4 Å². The van der Waals surface area contributed by atoms with Gasteiger partial charge in [0.25, 0.3) is 0 Å². The lowest BCUT2D eigenvalue weighted by Gasteiger charge is -2.57. The van der Waals surface area contributed by atoms with Crippen LogP contribution in [-0.2, 0) is 42.8 Å². The van der Waals surface area contributed by atoms with Crippen molar-refractivity contribution in [2.75, 3.05) is 13.2 Å². The predicted octanol–water partition coefficient (Wildman–Crippen LogP) is -0.0493. The fourth-order valence-corrected chi connectivity index (χ4v) is 12.5. The second-order valence-electron chi connectivity index (χ2n) is 20.2. The molecule has 0 amide bonds. The van der Waals surface area contributed by atoms with Gasteiger partial charge in [0.1, 0.15) is 66.8 Å². The summed E-state index contributed by atoms with van der Waals surface area (Å²) < 4.78 is 35.1. The Hall–Kier alpha value is -2.01. The highest BCUT2D eigenvalue weighted by atomic mass is 16.8. The van der Waals surface area contributed by atoms with Crippen molar-refractivity contribution >= 4 is 17.5 Å². The molecule has 62 heavy (non-hydrogen) atoms. The van der Waals surface area contributed by atoms with E-state index < -0.39 is 117 Å². The van der Waals surface area contributed by atoms with Crippen molar-refractivity contribution < 1.29 is 88.8 Å². The number of ketones is 2. The van der Waals surface area contributed by atoms with Crippen LogP contribution in [-0.4, -0.2) is 169 Å². The molecule has 7 rings (SSSR count). The van der Waals surface area contributed by atoms with Crippen LogP contribution in [0.5, 0.6) is 0 Å². The molecule has 3 aliphatic heterocycles. The second kappa shape index (κ2) is 18.7. The maximum absolute atomic E-state index is 14.3. The first kappa shape index (κ1) is 47.9. The first-order valence-corrected chi connectivity index (χ1v) is 22.5. The standard InChI is InChI=1S/C44H68O18/c1-18(2)12-20(46)13-19(3)23-6-7-24-22-15-27(47)26-14-21(8-10-44(26,5)25(22)9-11-43(23,24)4)58-42-38(34(53)33(52)36(60-42)39(55)56)62-41-37(30(49)28(48)17-57-41)61-40-35(54)32(51)31(50)29(16-45)59-40/h15,18-19,21,23-26,28-38,40-42,45,48-54H,6-14,16-17H2,1-5H3,(H,55,56)/t19-,21+,23-,24+,25+,26-,28+,29-,30+,31-,32+,33+,34+,35-,36+,37-,38-,40+,41+,42-,43-,44-/m1/s1. The van der Waals surface area contributed by atoms with Crippen LogP contribution in [0.25, 0.3) is 0 Å². The molecule has 22 atom stereocenters. The van der Waals surface area contributed by atoms with Crippen LogP contribution >= 0.6 is 0 Å². The number of aliphatic hydroxyl groups excluding tert-OH is 8. The lowest BCUT2D eigenvalue weighted by Crippen LogP contribution is -2.66. The molecule has 18 heteroatoms. The molecule has 18 nitrogen and oxygen atoms in total. The Morgan fingerprint density at radius 3 is 2.08 bits per heavy atom. The van der Waals surface area contributed by atoms with Crippen LogP contribution in [0.15, 0.2) is 11.6 Å². The third-order valence-electron chi connectivity index (χ3n) is 15.8. The molecule has 3 saturated heterocycles. The number of aliphatic carboxylic acids is 1. The molecule has 4 aliphatic carbocycles. The van der Waals surface area contributed by atoms with Gasteiger partial charge in [-0.05, 0) is 91.4 Å². The Morgan fingerprint density at radius 2 is 1.40 bits per heavy atom. The normalized spacial score (nSPS) is 48.8. The van der Waals surface area contributed by atoms with Crippen molar-refractivity contribution in [3.63, 3.8) is 0 Å². The Morgan fingerprint density at radius 1 is 0.742 bits per heavy atom. The molecule has 3 saturated carbocycles. The average molecular weight is 885 g/mol. The van der Waals surface area contributed by atoms with Crippen LogP contribution in [0.1, 0.15) is 92.4 Å². The highest BCUT2D eigenvalue weighted by Gasteiger charge is 2.61. The predicted molar refractivity (Wildman–Crippen MR) is 212 cm³/mol. The SMILES string of the molecule is CC(C)CC(=O)C[C@@H](C)[C@H]1CC[C@H]2C3=CC(=O)[C@H]4C[C@@H](O[C@@H]5O[C@H](C(=O)O)[C@@H](O)[C@H](O)[C@H]5O[C@@H]5OC[C@H](O)[C@H](O)[C@H]5O[C@@H]5O[C@H](CO)[C@@H](O)[C@H](O)[C@H]5O)CC[C@]4(C)[C@H]3CC[C@]12C. The van der Waals surface area contributed by atoms with E-state index in [0.717, 1.165) is 25.7 Å². The van der Waals surface area contributed by atoms with Crippen molar-refractivity contribution in [1.29, 1.82) is 0 Å². The first-order valence-electron chi connectivity index (χ1n) is 22.5. The molecule has 0 aromatic carbocycles. The van der Waals surface area contributed by atoms with E-state index in [2.05, 4.69) is 34.6 Å². The van der Waals surface area contributed by atoms with Crippen molar-refractivity contribution in [1.82, 2.24) is 0 Å². The Kier molecular flexibility index (Phi) is 14.5. The fraction of sp³-hybridized carbons (Fsp3) is 0.886. The highest BCUT2D eigenvalue weighted by Crippen LogP contribution is 2.66. The van der Waals surface area contributed by atoms with Crippen LogP contribution < -0.4 is 0 Å². The zero-order valence-electron chi connectivity index (χ0n) is 36.2. The third-order valence-corrected chi connectivity index (χ3v) is 15.8. The number of carbonyl (C=O) groups excluding carboxylic acids is 2. The summed E-state index contributed by atoms with van der Waals surface area (Å²) in [5.41, 5.74) is 0.818. The number of hydrogen-bond donors (Lipinski definition) is 9. The maximum atomic E-state index is 14.3. The number of aliphatic hydroxyl groups is 8. The summed E-state index contributed by atoms with van der Waals surface area (Å²) in [4.78, 5) is 39.3. The summed E-state index contributed by atoms with van der Waals surface area (Å²) in [6.07, 6.45) is -17.3. The quantitative estimate of drug-likeness (QED) is 0.117. The van der Waals surface area contributed by atoms with E-state index in [1.807, 2.05) is 6.08 Å². The molecular formula is C44H68O18. The Labute approximate surface area is 361 Å². The molecule has 9 N–H and O–H groups in total. The molecule has 352 valence electrons. The van der Waals surface area contributed by atoms with Gasteiger partial charge in [-0.15, -0.1) is 0 Å². The van der Waals surface area contributed by atoms with Gasteiger partial charge >= 0.3 is 5.97 Å². The fourth-order valence-electron chi connectivity index (χ4n) is 12.5. The van der Waals surface area contributed by atoms with Gasteiger partial charge in [-0.25, -0.2) is 4.79 Å². The number of hydrogen-bond acceptors (Lipinski definition) is 17. The van der Waals surface area contributed by atoms with Crippen LogP contribution in [0.3, 0.4) is 0 Å². The van der Waals surface area contributed by atoms with E-state index in [1.165, 1.54) is 5.57 Å². The van der Waals surface area contributed by atoms with Gasteiger partial charge in [-0.2, -0.15) is 0 Å². The van der Waals surface area contributed by atoms with Gasteiger partial charge in [0.05, 0.1) is 19.3 Å². The molecule has 0 spiro atoms. The molecule has 6 fully saturated rings. The van der Waals surface area contributed by atoms with Crippen LogP contribution in [0.2, 0.25) is 0 Å². The van der Waals surface area contributed by atoms with Gasteiger partial charge < -0.3 is 74.4 Å². The molecule has 0 bridgehead atoms. The zero-order chi connectivity index (χ0) is 45.2. The lowest BCUT2D eigenvalue weighted by atomic mass is 9.47. The number of ether oxygens (including phenoxy) is 6. The zero-order valence-corrected chi connectivity index (χ0v) is 36.2. The number of fused-ring (bicyclic) bond motifs is 5. The van der Waals surface area contributed by atoms with E-state index >= 15 is 0 Å². The largest absolute Gasteiger partial charge is 0.479 e. The third kappa shape index (κ3) is 8.84. The van der Waals surface area contributed by atoms with Crippen molar-refractivity contribution in [3.05, 3.63) is 11.6 Å². The van der Waals surface area contributed by atoms with Gasteiger partial charge in [-0.3, -0.25) is 9.59 Å². The number of carboxylic acid groups (broad SMARTS) is 1. The lowest BCUT2D eigenvalue weighted by molar-refractivity contribution is -0.384. The Bertz CT molecular complexity index is 1660. The molecule has 0 aromatic rings. The number of rotatable bonds is 13. The second-order valence-corrected chi connectivity index (χ2v) is 20.2. The minimum absolute atomic E-state index is 0.00697. The number of Topliss-reactive ketones (excluding diaryl/α,β-unsaturated/α-hetero) is 1. The van der Waals surface area contributed by atoms with Crippen LogP contribution in [0.4, 0.5) is 0 Å². The number of allylic oxidation sites excluding steroid dienone is 2. The van der Waals surface area contributed by atoms with Crippen molar-refractivity contribution in [3.8, 4) is 0 Å². The monoisotopic (exact) mass is 884 g/mol. The summed E-state index contributed by atoms with van der Waals surface area (Å²) in [7, 11) is 0. The highest BCUT2D eigenvalue weighted by molar-refractivity contribution is 5.94. The summed E-state index contributed by atoms with van der Waals surface area (Å²) in [5.74, 6) is -0.363. The number of carboxylic acids is 1. The smallest absolute Gasteiger partial charge is 0.335 e. The minimum atomic E-state index is -2.03. The van der Waals surface area contributed by atoms with E-state index in [1.54, 1.807) is 0 Å². The molecular weight excluding hydrogens is 816 g/mol. The summed E-state index contributed by atoms with van der Waals surface area (Å²) in [5, 5.41) is 94.5. The van der Waals surface area contributed by atoms with E-state index in [-0.39, 0.29) is 40.8 Å². The summed E-state index contributed by atoms with van der Waals surface area (Å²) in [6, 6.07) is 0. The van der Waals surface area contributed by atoms with E-state index in [9.17, 15) is 60.3 Å². The molecule has 0 radical (unpaired) electrons. The van der Waals surface area contributed by atoms with Gasteiger partial charge in [-0.1, -0.05) is 40.2 Å². The first-order chi connectivity index (χ1) is 29.2. The maximum Gasteiger partial charge on any atom is 0.335 e. The molecule has 7 aliphatic rings. The summed E-state index contributed by atoms with van der Waals surface area (Å²) in [6.45, 7) is 9.56. The van der Waals surface area contributed by atoms with Gasteiger partial charge in [0.15, 0.2) is 30.8 Å². The van der Waals surface area contributed by atoms with E-state index in [0.29, 0.717) is 43.3 Å². The van der Waals surface area contributed by atoms with Crippen molar-refractivity contribution in [2.24, 2.45) is 46.3 Å². The Balaban J connectivity index is 1.07. The van der Waals surface area contributed by atoms with Crippen molar-refractivity contribution in [2.45, 2.75) is 185 Å². The molecule has 0 unspecified atom stereocenters.